The molecule has 0 aliphatic carbocycles. The molecule has 0 spiro atoms. The van der Waals surface area contributed by atoms with Gasteiger partial charge in [0, 0.05) is 19.5 Å². The van der Waals surface area contributed by atoms with E-state index < -0.39 is 35.5 Å². The summed E-state index contributed by atoms with van der Waals surface area (Å²) in [6.45, 7) is 5.86. The van der Waals surface area contributed by atoms with Crippen LogP contribution in [0.1, 0.15) is 40.0 Å². The minimum atomic E-state index is -1.02. The van der Waals surface area contributed by atoms with Gasteiger partial charge in [-0.3, -0.25) is 9.59 Å². The van der Waals surface area contributed by atoms with Gasteiger partial charge in [0.05, 0.1) is 5.92 Å². The van der Waals surface area contributed by atoms with Crippen molar-refractivity contribution < 1.29 is 29.3 Å². The summed E-state index contributed by atoms with van der Waals surface area (Å²) in [5.74, 6) is -3.23. The lowest BCUT2D eigenvalue weighted by atomic mass is 9.85. The molecule has 2 N–H and O–H groups in total. The van der Waals surface area contributed by atoms with Crippen molar-refractivity contribution in [3.63, 3.8) is 0 Å². The maximum atomic E-state index is 12.0. The Morgan fingerprint density at radius 1 is 1.14 bits per heavy atom. The number of carbonyl (C=O) groups excluding carboxylic acids is 1. The molecule has 1 fully saturated rings. The monoisotopic (exact) mass is 301 g/mol. The molecular weight excluding hydrogens is 278 g/mol. The van der Waals surface area contributed by atoms with Crippen LogP contribution in [0.15, 0.2) is 0 Å². The fraction of sp³-hybridized carbons (Fsp3) is 0.786. The molecule has 0 unspecified atom stereocenters. The minimum Gasteiger partial charge on any atom is -0.481 e. The summed E-state index contributed by atoms with van der Waals surface area (Å²) in [5, 5.41) is 18.1. The topological polar surface area (TPSA) is 104 Å². The summed E-state index contributed by atoms with van der Waals surface area (Å²) < 4.78 is 5.27. The van der Waals surface area contributed by atoms with Crippen molar-refractivity contribution in [1.29, 1.82) is 0 Å². The highest BCUT2D eigenvalue weighted by atomic mass is 16.6. The van der Waals surface area contributed by atoms with E-state index in [4.69, 9.17) is 9.84 Å². The van der Waals surface area contributed by atoms with Crippen molar-refractivity contribution in [3.8, 4) is 0 Å². The first-order valence-corrected chi connectivity index (χ1v) is 7.02. The highest BCUT2D eigenvalue weighted by molar-refractivity contribution is 5.73. The van der Waals surface area contributed by atoms with E-state index in [1.807, 2.05) is 0 Å². The van der Waals surface area contributed by atoms with Crippen LogP contribution < -0.4 is 0 Å². The van der Waals surface area contributed by atoms with Gasteiger partial charge in [0.15, 0.2) is 0 Å². The third-order valence-electron chi connectivity index (χ3n) is 3.45. The van der Waals surface area contributed by atoms with Gasteiger partial charge in [-0.25, -0.2) is 4.79 Å². The summed E-state index contributed by atoms with van der Waals surface area (Å²) in [5.41, 5.74) is -0.615. The predicted molar refractivity (Wildman–Crippen MR) is 73.9 cm³/mol. The zero-order chi connectivity index (χ0) is 16.2. The van der Waals surface area contributed by atoms with Crippen molar-refractivity contribution in [1.82, 2.24) is 4.90 Å². The number of amides is 1. The van der Waals surface area contributed by atoms with Gasteiger partial charge in [-0.1, -0.05) is 0 Å². The van der Waals surface area contributed by atoms with E-state index in [1.165, 1.54) is 4.90 Å². The SMILES string of the molecule is CC(C)(C)OC(=O)N1CC[C@H](CC(=O)O)[C@H](C(=O)O)CC1. The van der Waals surface area contributed by atoms with E-state index in [-0.39, 0.29) is 19.4 Å². The Morgan fingerprint density at radius 3 is 2.19 bits per heavy atom. The Bertz CT molecular complexity index is 414. The molecule has 0 radical (unpaired) electrons. The molecule has 1 saturated heterocycles. The van der Waals surface area contributed by atoms with Gasteiger partial charge < -0.3 is 19.8 Å². The molecule has 0 aromatic carbocycles. The maximum absolute atomic E-state index is 12.0. The summed E-state index contributed by atoms with van der Waals surface area (Å²) in [6, 6.07) is 0. The second-order valence-corrected chi connectivity index (χ2v) is 6.35. The normalized spacial score (nSPS) is 23.3. The van der Waals surface area contributed by atoms with Crippen molar-refractivity contribution in [2.75, 3.05) is 13.1 Å². The second-order valence-electron chi connectivity index (χ2n) is 6.35. The highest BCUT2D eigenvalue weighted by Crippen LogP contribution is 2.28. The fourth-order valence-electron chi connectivity index (χ4n) is 2.47. The minimum absolute atomic E-state index is 0.195. The van der Waals surface area contributed by atoms with Crippen LogP contribution in [0, 0.1) is 11.8 Å². The van der Waals surface area contributed by atoms with Crippen LogP contribution in [-0.2, 0) is 14.3 Å². The molecule has 0 saturated carbocycles. The van der Waals surface area contributed by atoms with Gasteiger partial charge in [0.2, 0.25) is 0 Å². The van der Waals surface area contributed by atoms with E-state index in [1.54, 1.807) is 20.8 Å². The van der Waals surface area contributed by atoms with Crippen molar-refractivity contribution in [2.45, 2.75) is 45.6 Å². The summed E-state index contributed by atoms with van der Waals surface area (Å²) in [4.78, 5) is 35.6. The standard InChI is InChI=1S/C14H23NO6/c1-14(2,3)21-13(20)15-6-4-9(8-11(16)17)10(5-7-15)12(18)19/h9-10H,4-8H2,1-3H3,(H,16,17)(H,18,19)/t9-,10-/m1/s1. The number of carboxylic acid groups (broad SMARTS) is 2. The molecule has 0 bridgehead atoms. The molecule has 1 aliphatic heterocycles. The third kappa shape index (κ3) is 5.61. The number of carboxylic acids is 2. The Labute approximate surface area is 123 Å². The molecule has 7 heteroatoms. The largest absolute Gasteiger partial charge is 0.481 e. The predicted octanol–water partition coefficient (Wildman–Crippen LogP) is 1.81. The average Bonchev–Trinajstić information content (AvgIpc) is 2.48. The van der Waals surface area contributed by atoms with Gasteiger partial charge >= 0.3 is 18.0 Å². The molecule has 0 aromatic rings. The van der Waals surface area contributed by atoms with Crippen LogP contribution in [0.2, 0.25) is 0 Å². The van der Waals surface area contributed by atoms with E-state index in [0.29, 0.717) is 13.0 Å². The van der Waals surface area contributed by atoms with Crippen molar-refractivity contribution in [3.05, 3.63) is 0 Å². The average molecular weight is 301 g/mol. The number of carbonyl (C=O) groups is 3. The van der Waals surface area contributed by atoms with Crippen LogP contribution in [0.3, 0.4) is 0 Å². The fourth-order valence-corrected chi connectivity index (χ4v) is 2.47. The molecule has 1 heterocycles. The molecule has 7 nitrogen and oxygen atoms in total. The number of rotatable bonds is 3. The van der Waals surface area contributed by atoms with E-state index in [2.05, 4.69) is 0 Å². The van der Waals surface area contributed by atoms with E-state index in [0.717, 1.165) is 0 Å². The van der Waals surface area contributed by atoms with Crippen LogP contribution in [0.25, 0.3) is 0 Å². The second kappa shape index (κ2) is 6.78. The Morgan fingerprint density at radius 2 is 1.71 bits per heavy atom. The molecule has 120 valence electrons. The lowest BCUT2D eigenvalue weighted by molar-refractivity contribution is -0.145. The van der Waals surface area contributed by atoms with Gasteiger partial charge in [-0.15, -0.1) is 0 Å². The first-order valence-electron chi connectivity index (χ1n) is 7.02. The quantitative estimate of drug-likeness (QED) is 0.823. The number of aliphatic carboxylic acids is 2. The van der Waals surface area contributed by atoms with Crippen molar-refractivity contribution in [2.24, 2.45) is 11.8 Å². The number of likely N-dealkylation sites (tertiary alicyclic amines) is 1. The number of nitrogens with zero attached hydrogens (tertiary/aromatic N) is 1. The number of hydrogen-bond acceptors (Lipinski definition) is 4. The van der Waals surface area contributed by atoms with E-state index in [9.17, 15) is 19.5 Å². The Hall–Kier alpha value is -1.79. The van der Waals surface area contributed by atoms with Crippen LogP contribution in [0.5, 0.6) is 0 Å². The summed E-state index contributed by atoms with van der Waals surface area (Å²) in [7, 11) is 0. The third-order valence-corrected chi connectivity index (χ3v) is 3.45. The zero-order valence-electron chi connectivity index (χ0n) is 12.7. The number of hydrogen-bond donors (Lipinski definition) is 2. The molecule has 1 amide bonds. The smallest absolute Gasteiger partial charge is 0.410 e. The molecule has 21 heavy (non-hydrogen) atoms. The molecule has 0 aromatic heterocycles. The first kappa shape index (κ1) is 17.3. The number of ether oxygens (including phenoxy) is 1. The highest BCUT2D eigenvalue weighted by Gasteiger charge is 2.35. The summed E-state index contributed by atoms with van der Waals surface area (Å²) >= 11 is 0. The van der Waals surface area contributed by atoms with Crippen LogP contribution >= 0.6 is 0 Å². The van der Waals surface area contributed by atoms with Crippen molar-refractivity contribution >= 4 is 18.0 Å². The van der Waals surface area contributed by atoms with E-state index >= 15 is 0 Å². The molecule has 1 aliphatic rings. The van der Waals surface area contributed by atoms with Gasteiger partial charge in [0.1, 0.15) is 5.60 Å². The van der Waals surface area contributed by atoms with Gasteiger partial charge in [0.25, 0.3) is 0 Å². The van der Waals surface area contributed by atoms with Gasteiger partial charge in [-0.05, 0) is 39.5 Å². The zero-order valence-corrected chi connectivity index (χ0v) is 12.7. The maximum Gasteiger partial charge on any atom is 0.410 e. The lowest BCUT2D eigenvalue weighted by Gasteiger charge is -2.26. The Kier molecular flexibility index (Phi) is 5.57. The Balaban J connectivity index is 2.74. The molecule has 2 atom stereocenters. The molecular formula is C14H23NO6. The summed E-state index contributed by atoms with van der Waals surface area (Å²) in [6.07, 6.45) is -0.0867. The van der Waals surface area contributed by atoms with Crippen LogP contribution in [-0.4, -0.2) is 51.8 Å². The van der Waals surface area contributed by atoms with Gasteiger partial charge in [-0.2, -0.15) is 0 Å². The lowest BCUT2D eigenvalue weighted by Crippen LogP contribution is -2.37. The first-order chi connectivity index (χ1) is 9.60. The molecule has 1 rings (SSSR count). The van der Waals surface area contributed by atoms with Crippen LogP contribution in [0.4, 0.5) is 4.79 Å².